The Morgan fingerprint density at radius 2 is 2.10 bits per heavy atom. The van der Waals surface area contributed by atoms with Gasteiger partial charge in [0.1, 0.15) is 0 Å². The summed E-state index contributed by atoms with van der Waals surface area (Å²) in [5.41, 5.74) is 5.54. The van der Waals surface area contributed by atoms with E-state index in [9.17, 15) is 0 Å². The van der Waals surface area contributed by atoms with E-state index in [2.05, 4.69) is 59.5 Å². The number of hydrogen-bond donors (Lipinski definition) is 1. The minimum absolute atomic E-state index is 0.437. The van der Waals surface area contributed by atoms with Gasteiger partial charge in [0.25, 0.3) is 0 Å². The predicted octanol–water partition coefficient (Wildman–Crippen LogP) is 3.43. The van der Waals surface area contributed by atoms with Crippen molar-refractivity contribution in [3.8, 4) is 0 Å². The van der Waals surface area contributed by atoms with Crippen molar-refractivity contribution in [3.05, 3.63) is 54.6 Å². The molecule has 0 spiro atoms. The number of benzene rings is 2. The van der Waals surface area contributed by atoms with E-state index in [0.29, 0.717) is 6.04 Å². The van der Waals surface area contributed by atoms with E-state index in [1.54, 1.807) is 7.11 Å². The standard InChI is InChI=1S/C18H22N2O/c1-14(19-20-11-5-8-18(20)13-21-2)16-10-9-15-6-3-4-7-17(15)12-16/h3-4,6-7,9-10,12,18-19H,1,5,8,11,13H2,2H3/t18-/m0/s1. The lowest BCUT2D eigenvalue weighted by Gasteiger charge is -2.26. The SMILES string of the molecule is C=C(NN1CCC[C@H]1COC)c1ccc2ccccc2c1. The van der Waals surface area contributed by atoms with E-state index in [1.807, 2.05) is 0 Å². The molecule has 0 saturated carbocycles. The first kappa shape index (κ1) is 14.1. The molecule has 0 bridgehead atoms. The first-order chi connectivity index (χ1) is 10.3. The van der Waals surface area contributed by atoms with Gasteiger partial charge in [0, 0.05) is 19.4 Å². The lowest BCUT2D eigenvalue weighted by Crippen LogP contribution is -2.42. The van der Waals surface area contributed by atoms with Gasteiger partial charge in [-0.05, 0) is 35.2 Å². The Hall–Kier alpha value is -1.84. The van der Waals surface area contributed by atoms with Gasteiger partial charge in [-0.3, -0.25) is 0 Å². The molecule has 1 aliphatic rings. The summed E-state index contributed by atoms with van der Waals surface area (Å²) in [5.74, 6) is 0. The molecule has 1 N–H and O–H groups in total. The number of methoxy groups -OCH3 is 1. The number of nitrogens with one attached hydrogen (secondary N) is 1. The van der Waals surface area contributed by atoms with Gasteiger partial charge in [0.2, 0.25) is 0 Å². The highest BCUT2D eigenvalue weighted by molar-refractivity contribution is 5.85. The summed E-state index contributed by atoms with van der Waals surface area (Å²) >= 11 is 0. The molecule has 1 aliphatic heterocycles. The highest BCUT2D eigenvalue weighted by atomic mass is 16.5. The van der Waals surface area contributed by atoms with Gasteiger partial charge in [-0.25, -0.2) is 5.01 Å². The molecule has 0 amide bonds. The summed E-state index contributed by atoms with van der Waals surface area (Å²) in [4.78, 5) is 0. The maximum Gasteiger partial charge on any atom is 0.0636 e. The molecule has 1 fully saturated rings. The smallest absolute Gasteiger partial charge is 0.0636 e. The van der Waals surface area contributed by atoms with Crippen LogP contribution in [0.1, 0.15) is 18.4 Å². The molecule has 1 heterocycles. The molecular weight excluding hydrogens is 260 g/mol. The summed E-state index contributed by atoms with van der Waals surface area (Å²) in [6.45, 7) is 6.00. The third-order valence-corrected chi connectivity index (χ3v) is 4.11. The summed E-state index contributed by atoms with van der Waals surface area (Å²) in [6.07, 6.45) is 2.37. The molecule has 2 aromatic carbocycles. The number of fused-ring (bicyclic) bond motifs is 1. The highest BCUT2D eigenvalue weighted by Gasteiger charge is 2.24. The second-order valence-corrected chi connectivity index (χ2v) is 5.60. The summed E-state index contributed by atoms with van der Waals surface area (Å²) in [5, 5.41) is 4.75. The van der Waals surface area contributed by atoms with Crippen LogP contribution in [-0.4, -0.2) is 31.3 Å². The molecule has 1 saturated heterocycles. The molecule has 3 rings (SSSR count). The first-order valence-corrected chi connectivity index (χ1v) is 7.48. The molecular formula is C18H22N2O. The summed E-state index contributed by atoms with van der Waals surface area (Å²) in [7, 11) is 1.76. The fraction of sp³-hybridized carbons (Fsp3) is 0.333. The minimum atomic E-state index is 0.437. The molecule has 0 aromatic heterocycles. The van der Waals surface area contributed by atoms with Crippen molar-refractivity contribution in [3.63, 3.8) is 0 Å². The van der Waals surface area contributed by atoms with Crippen LogP contribution in [0, 0.1) is 0 Å². The van der Waals surface area contributed by atoms with Crippen LogP contribution in [0.25, 0.3) is 16.5 Å². The van der Waals surface area contributed by atoms with Crippen LogP contribution in [0.4, 0.5) is 0 Å². The Kier molecular flexibility index (Phi) is 4.23. The third kappa shape index (κ3) is 3.09. The lowest BCUT2D eigenvalue weighted by atomic mass is 10.1. The molecule has 0 unspecified atom stereocenters. The van der Waals surface area contributed by atoms with Crippen molar-refractivity contribution in [1.82, 2.24) is 10.4 Å². The molecule has 1 atom stereocenters. The molecule has 3 nitrogen and oxygen atoms in total. The zero-order valence-electron chi connectivity index (χ0n) is 12.5. The summed E-state index contributed by atoms with van der Waals surface area (Å²) < 4.78 is 5.29. The number of hydrazine groups is 1. The zero-order valence-corrected chi connectivity index (χ0v) is 12.5. The van der Waals surface area contributed by atoms with E-state index in [1.165, 1.54) is 23.6 Å². The van der Waals surface area contributed by atoms with Gasteiger partial charge in [0.05, 0.1) is 12.6 Å². The second-order valence-electron chi connectivity index (χ2n) is 5.60. The molecule has 0 radical (unpaired) electrons. The quantitative estimate of drug-likeness (QED) is 0.909. The monoisotopic (exact) mass is 282 g/mol. The first-order valence-electron chi connectivity index (χ1n) is 7.48. The highest BCUT2D eigenvalue weighted by Crippen LogP contribution is 2.21. The van der Waals surface area contributed by atoms with Gasteiger partial charge in [-0.1, -0.05) is 43.0 Å². The van der Waals surface area contributed by atoms with Crippen molar-refractivity contribution in [2.75, 3.05) is 20.3 Å². The normalized spacial score (nSPS) is 19.0. The Bertz CT molecular complexity index is 638. The van der Waals surface area contributed by atoms with E-state index < -0.39 is 0 Å². The van der Waals surface area contributed by atoms with Crippen molar-refractivity contribution in [2.24, 2.45) is 0 Å². The molecule has 3 heteroatoms. The zero-order chi connectivity index (χ0) is 14.7. The van der Waals surface area contributed by atoms with E-state index in [0.717, 1.165) is 24.4 Å². The Morgan fingerprint density at radius 3 is 2.90 bits per heavy atom. The van der Waals surface area contributed by atoms with Crippen molar-refractivity contribution >= 4 is 16.5 Å². The molecule has 0 aliphatic carbocycles. The Morgan fingerprint density at radius 1 is 1.29 bits per heavy atom. The number of ether oxygens (including phenoxy) is 1. The maximum absolute atomic E-state index is 5.29. The number of rotatable bonds is 5. The van der Waals surface area contributed by atoms with Gasteiger partial charge < -0.3 is 10.2 Å². The van der Waals surface area contributed by atoms with Crippen LogP contribution >= 0.6 is 0 Å². The van der Waals surface area contributed by atoms with E-state index >= 15 is 0 Å². The Balaban J connectivity index is 1.74. The van der Waals surface area contributed by atoms with Crippen LogP contribution in [0.3, 0.4) is 0 Å². The Labute approximate surface area is 126 Å². The fourth-order valence-corrected chi connectivity index (χ4v) is 2.96. The number of nitrogens with zero attached hydrogens (tertiary/aromatic N) is 1. The second kappa shape index (κ2) is 6.29. The van der Waals surface area contributed by atoms with Crippen LogP contribution in [0.15, 0.2) is 49.0 Å². The van der Waals surface area contributed by atoms with Crippen LogP contribution in [0.2, 0.25) is 0 Å². The average molecular weight is 282 g/mol. The predicted molar refractivity (Wildman–Crippen MR) is 87.7 cm³/mol. The van der Waals surface area contributed by atoms with Crippen LogP contribution in [-0.2, 0) is 4.74 Å². The summed E-state index contributed by atoms with van der Waals surface area (Å²) in [6, 6.07) is 15.3. The fourth-order valence-electron chi connectivity index (χ4n) is 2.96. The van der Waals surface area contributed by atoms with Gasteiger partial charge in [-0.15, -0.1) is 0 Å². The van der Waals surface area contributed by atoms with Crippen molar-refractivity contribution in [2.45, 2.75) is 18.9 Å². The average Bonchev–Trinajstić information content (AvgIpc) is 2.94. The van der Waals surface area contributed by atoms with E-state index in [-0.39, 0.29) is 0 Å². The molecule has 2 aromatic rings. The van der Waals surface area contributed by atoms with E-state index in [4.69, 9.17) is 4.74 Å². The topological polar surface area (TPSA) is 24.5 Å². The minimum Gasteiger partial charge on any atom is -0.383 e. The number of hydrogen-bond acceptors (Lipinski definition) is 3. The lowest BCUT2D eigenvalue weighted by molar-refractivity contribution is 0.0987. The van der Waals surface area contributed by atoms with Crippen molar-refractivity contribution in [1.29, 1.82) is 0 Å². The van der Waals surface area contributed by atoms with Crippen LogP contribution < -0.4 is 5.43 Å². The van der Waals surface area contributed by atoms with Gasteiger partial charge in [-0.2, -0.15) is 0 Å². The van der Waals surface area contributed by atoms with Crippen molar-refractivity contribution < 1.29 is 4.74 Å². The van der Waals surface area contributed by atoms with Gasteiger partial charge in [0.15, 0.2) is 0 Å². The largest absolute Gasteiger partial charge is 0.383 e. The van der Waals surface area contributed by atoms with Gasteiger partial charge >= 0.3 is 0 Å². The molecule has 110 valence electrons. The third-order valence-electron chi connectivity index (χ3n) is 4.11. The molecule has 21 heavy (non-hydrogen) atoms. The van der Waals surface area contributed by atoms with Crippen LogP contribution in [0.5, 0.6) is 0 Å². The maximum atomic E-state index is 5.29.